The maximum atomic E-state index is 7.36. The molecule has 6 heteroatoms. The van der Waals surface area contributed by atoms with E-state index < -0.39 is 0 Å². The summed E-state index contributed by atoms with van der Waals surface area (Å²) in [5, 5.41) is 5.34. The molecule has 364 valence electrons. The molecule has 76 heavy (non-hydrogen) atoms. The van der Waals surface area contributed by atoms with Gasteiger partial charge in [-0.25, -0.2) is 0 Å². The first kappa shape index (κ1) is 44.5. The molecule has 0 unspecified atom stereocenters. The summed E-state index contributed by atoms with van der Waals surface area (Å²) >= 11 is 0. The van der Waals surface area contributed by atoms with Crippen LogP contribution in [0.2, 0.25) is 0 Å². The first-order chi connectivity index (χ1) is 37.0. The highest BCUT2D eigenvalue weighted by atomic mass is 16.3. The third-order valence-electron chi connectivity index (χ3n) is 16.2. The normalized spacial score (nSPS) is 13.3. The van der Waals surface area contributed by atoms with E-state index in [1.165, 1.54) is 11.1 Å². The third kappa shape index (κ3) is 6.66. The summed E-state index contributed by atoms with van der Waals surface area (Å²) in [7, 11) is 0. The molecule has 3 aromatic heterocycles. The van der Waals surface area contributed by atoms with Crippen molar-refractivity contribution in [1.82, 2.24) is 0 Å². The largest absolute Gasteiger partial charge is 0.456 e. The van der Waals surface area contributed by atoms with E-state index in [9.17, 15) is 0 Å². The quantitative estimate of drug-likeness (QED) is 0.161. The maximum Gasteiger partial charge on any atom is 0.333 e. The lowest BCUT2D eigenvalue weighted by molar-refractivity contribution is 0.590. The average molecular weight is 981 g/mol. The highest BCUT2D eigenvalue weighted by Gasteiger charge is 2.48. The van der Waals surface area contributed by atoms with Crippen molar-refractivity contribution in [3.63, 3.8) is 0 Å². The average Bonchev–Trinajstić information content (AvgIpc) is 4.20. The van der Waals surface area contributed by atoms with Gasteiger partial charge in [-0.05, 0) is 110 Å². The Bertz CT molecular complexity index is 4480. The van der Waals surface area contributed by atoms with Gasteiger partial charge >= 0.3 is 6.85 Å². The lowest BCUT2D eigenvalue weighted by atomic mass is 9.43. The summed E-state index contributed by atoms with van der Waals surface area (Å²) in [5.74, 6) is 0.837. The fourth-order valence-corrected chi connectivity index (χ4v) is 12.4. The van der Waals surface area contributed by atoms with Crippen LogP contribution in [0.4, 0.5) is 28.4 Å². The molecule has 2 aliphatic rings. The zero-order chi connectivity index (χ0) is 51.2. The summed E-state index contributed by atoms with van der Waals surface area (Å²) in [6, 6.07) is 77.3. The van der Waals surface area contributed by atoms with E-state index in [2.05, 4.69) is 264 Å². The highest BCUT2D eigenvalue weighted by molar-refractivity contribution is 6.94. The number of rotatable bonds is 5. The Morgan fingerprint density at radius 1 is 0.382 bits per heavy atom. The van der Waals surface area contributed by atoms with Crippen LogP contribution < -0.4 is 20.6 Å². The molecule has 0 aliphatic carbocycles. The van der Waals surface area contributed by atoms with Gasteiger partial charge in [0.05, 0.1) is 11.4 Å². The lowest BCUT2D eigenvalue weighted by Crippen LogP contribution is -2.61. The molecule has 13 aromatic rings. The second kappa shape index (κ2) is 16.3. The monoisotopic (exact) mass is 980 g/mol. The summed E-state index contributed by atoms with van der Waals surface area (Å²) in [6.07, 6.45) is 0. The Morgan fingerprint density at radius 3 is 1.64 bits per heavy atom. The first-order valence-corrected chi connectivity index (χ1v) is 26.5. The topological polar surface area (TPSA) is 45.9 Å². The molecule has 0 N–H and O–H groups in total. The van der Waals surface area contributed by atoms with E-state index in [0.29, 0.717) is 0 Å². The molecule has 0 saturated heterocycles. The van der Waals surface area contributed by atoms with Crippen molar-refractivity contribution in [2.45, 2.75) is 52.4 Å². The Morgan fingerprint density at radius 2 is 0.961 bits per heavy atom. The Kier molecular flexibility index (Phi) is 9.51. The van der Waals surface area contributed by atoms with Gasteiger partial charge < -0.3 is 23.0 Å². The van der Waals surface area contributed by atoms with Crippen LogP contribution >= 0.6 is 0 Å². The van der Waals surface area contributed by atoms with Crippen LogP contribution in [0.3, 0.4) is 0 Å². The number of hydrogen-bond donors (Lipinski definition) is 0. The highest BCUT2D eigenvalue weighted by Crippen LogP contribution is 2.55. The molecule has 0 radical (unpaired) electrons. The van der Waals surface area contributed by atoms with Gasteiger partial charge in [0.15, 0.2) is 5.58 Å². The van der Waals surface area contributed by atoms with E-state index in [4.69, 9.17) is 13.3 Å². The van der Waals surface area contributed by atoms with Gasteiger partial charge in [-0.1, -0.05) is 187 Å². The Labute approximate surface area is 442 Å². The van der Waals surface area contributed by atoms with Crippen molar-refractivity contribution in [1.29, 1.82) is 0 Å². The SMILES string of the molecule is CC(C)(C)c1ccc(N2B3c4cc5oc(-c6ccccc6)c(-c6ccccc6)c5cc4N(c4ccc(C(C)(C)C)cc4-c4ccccc4)c4c3c(cc3c4oc4ccccc43)-c3cc4c(cc32)oc2ccccc24)cc1. The van der Waals surface area contributed by atoms with Crippen LogP contribution in [0.1, 0.15) is 52.7 Å². The van der Waals surface area contributed by atoms with Crippen molar-refractivity contribution >= 4 is 101 Å². The van der Waals surface area contributed by atoms with Gasteiger partial charge in [-0.15, -0.1) is 0 Å². The number of anilines is 5. The molecular weight excluding hydrogens is 928 g/mol. The fraction of sp³-hybridized carbons (Fsp3) is 0.114. The van der Waals surface area contributed by atoms with E-state index in [0.717, 1.165) is 139 Å². The minimum atomic E-state index is -0.354. The molecule has 0 bridgehead atoms. The van der Waals surface area contributed by atoms with E-state index >= 15 is 0 Å². The first-order valence-electron chi connectivity index (χ1n) is 26.5. The van der Waals surface area contributed by atoms with Gasteiger partial charge in [0.25, 0.3) is 0 Å². The smallest absolute Gasteiger partial charge is 0.333 e. The number of fused-ring (bicyclic) bond motifs is 12. The molecule has 2 aliphatic heterocycles. The fourth-order valence-electron chi connectivity index (χ4n) is 12.4. The van der Waals surface area contributed by atoms with Crippen LogP contribution in [-0.4, -0.2) is 6.85 Å². The van der Waals surface area contributed by atoms with Gasteiger partial charge in [-0.2, -0.15) is 0 Å². The van der Waals surface area contributed by atoms with Gasteiger partial charge in [-0.3, -0.25) is 0 Å². The summed E-state index contributed by atoms with van der Waals surface area (Å²) in [6.45, 7) is 13.4. The zero-order valence-corrected chi connectivity index (χ0v) is 43.4. The number of benzene rings is 10. The minimum Gasteiger partial charge on any atom is -0.456 e. The third-order valence-corrected chi connectivity index (χ3v) is 16.2. The van der Waals surface area contributed by atoms with Crippen LogP contribution in [0.25, 0.3) is 99.6 Å². The van der Waals surface area contributed by atoms with Crippen LogP contribution in [0, 0.1) is 0 Å². The Hall–Kier alpha value is -9.00. The second-order valence-electron chi connectivity index (χ2n) is 22.8. The predicted octanol–water partition coefficient (Wildman–Crippen LogP) is 18.5. The number of para-hydroxylation sites is 2. The van der Waals surface area contributed by atoms with Crippen molar-refractivity contribution in [3.05, 3.63) is 223 Å². The van der Waals surface area contributed by atoms with Crippen molar-refractivity contribution in [3.8, 4) is 44.7 Å². The minimum absolute atomic E-state index is 0.0415. The number of hydrogen-bond acceptors (Lipinski definition) is 5. The van der Waals surface area contributed by atoms with Gasteiger partial charge in [0.2, 0.25) is 0 Å². The molecule has 0 saturated carbocycles. The summed E-state index contributed by atoms with van der Waals surface area (Å²) < 4.78 is 21.5. The van der Waals surface area contributed by atoms with Gasteiger partial charge in [0, 0.05) is 72.3 Å². The summed E-state index contributed by atoms with van der Waals surface area (Å²) in [5.41, 5.74) is 21.9. The molecule has 10 aromatic carbocycles. The predicted molar refractivity (Wildman–Crippen MR) is 318 cm³/mol. The standard InChI is InChI=1S/C70H53BN2O3/c1-69(2,3)45-30-33-47(34-31-45)73-58-41-63-52(48-26-16-18-28-60(48)74-63)37-51(58)53-38-54-49-27-17-19-29-61(49)75-68(54)66-65(53)71(73)56-40-62-55(64(43-22-12-8-13-23-43)67(76-62)44-24-14-9-15-25-44)39-59(56)72(66)57-35-32-46(70(4,5)6)36-50(57)42-20-10-7-11-21-42/h7-41H,1-6H3. The van der Waals surface area contributed by atoms with Crippen LogP contribution in [-0.2, 0) is 10.8 Å². The molecule has 5 nitrogen and oxygen atoms in total. The molecule has 0 spiro atoms. The van der Waals surface area contributed by atoms with Gasteiger partial charge in [0.1, 0.15) is 28.1 Å². The molecular formula is C70H53BN2O3. The van der Waals surface area contributed by atoms with Crippen LogP contribution in [0.5, 0.6) is 0 Å². The lowest BCUT2D eigenvalue weighted by Gasteiger charge is -2.46. The van der Waals surface area contributed by atoms with E-state index in [-0.39, 0.29) is 17.7 Å². The van der Waals surface area contributed by atoms with Crippen LogP contribution in [0.15, 0.2) is 226 Å². The van der Waals surface area contributed by atoms with E-state index in [1.54, 1.807) is 0 Å². The number of furan rings is 3. The molecule has 0 amide bonds. The van der Waals surface area contributed by atoms with Crippen molar-refractivity contribution < 1.29 is 13.3 Å². The Balaban J connectivity index is 1.15. The second-order valence-corrected chi connectivity index (χ2v) is 22.8. The molecule has 15 rings (SSSR count). The van der Waals surface area contributed by atoms with Crippen molar-refractivity contribution in [2.24, 2.45) is 0 Å². The maximum absolute atomic E-state index is 7.36. The van der Waals surface area contributed by atoms with Crippen molar-refractivity contribution in [2.75, 3.05) is 9.71 Å². The molecule has 5 heterocycles. The molecule has 0 atom stereocenters. The molecule has 0 fully saturated rings. The zero-order valence-electron chi connectivity index (χ0n) is 43.4. The number of nitrogens with zero attached hydrogens (tertiary/aromatic N) is 2. The summed E-state index contributed by atoms with van der Waals surface area (Å²) in [4.78, 5) is 5.11. The van der Waals surface area contributed by atoms with E-state index in [1.807, 2.05) is 0 Å².